The van der Waals surface area contributed by atoms with E-state index in [1.54, 1.807) is 0 Å². The second kappa shape index (κ2) is 4.48. The van der Waals surface area contributed by atoms with Crippen LogP contribution in [0.2, 0.25) is 0 Å². The summed E-state index contributed by atoms with van der Waals surface area (Å²) in [4.78, 5) is 10.9. The van der Waals surface area contributed by atoms with E-state index < -0.39 is 5.24 Å². The monoisotopic (exact) mass is 202 g/mol. The highest BCUT2D eigenvalue weighted by molar-refractivity contribution is 6.65. The van der Waals surface area contributed by atoms with Gasteiger partial charge in [-0.2, -0.15) is 0 Å². The lowest BCUT2D eigenvalue weighted by Crippen LogP contribution is -2.07. The van der Waals surface area contributed by atoms with Gasteiger partial charge in [0.15, 0.2) is 0 Å². The summed E-state index contributed by atoms with van der Waals surface area (Å²) in [7, 11) is 0. The number of carbonyl (C=O) groups is 1. The third kappa shape index (κ3) is 2.23. The van der Waals surface area contributed by atoms with E-state index >= 15 is 0 Å². The molecule has 0 fully saturated rings. The minimum absolute atomic E-state index is 0.229. The molecular weight excluding hydrogens is 195 g/mol. The number of benzene rings is 1. The Labute approximate surface area is 81.3 Å². The number of halogens is 2. The molecule has 1 nitrogen and oxygen atoms in total. The summed E-state index contributed by atoms with van der Waals surface area (Å²) < 4.78 is 0. The average molecular weight is 203 g/mol. The molecule has 0 aliphatic carbocycles. The molecule has 0 aromatic heterocycles. The van der Waals surface area contributed by atoms with E-state index in [-0.39, 0.29) is 11.8 Å². The number of rotatable bonds is 3. The van der Waals surface area contributed by atoms with Gasteiger partial charge in [0, 0.05) is 5.88 Å². The molecule has 12 heavy (non-hydrogen) atoms. The summed E-state index contributed by atoms with van der Waals surface area (Å²) in [5, 5.41) is -0.406. The number of hydrogen-bond donors (Lipinski definition) is 0. The van der Waals surface area contributed by atoms with Crippen LogP contribution in [0.4, 0.5) is 0 Å². The van der Waals surface area contributed by atoms with E-state index in [1.165, 1.54) is 0 Å². The molecule has 0 heterocycles. The zero-order valence-electron chi connectivity index (χ0n) is 6.34. The highest BCUT2D eigenvalue weighted by atomic mass is 35.5. The van der Waals surface area contributed by atoms with Crippen LogP contribution in [-0.2, 0) is 4.79 Å². The summed E-state index contributed by atoms with van der Waals surface area (Å²) >= 11 is 10.9. The Morgan fingerprint density at radius 1 is 1.33 bits per heavy atom. The molecule has 0 saturated heterocycles. The predicted molar refractivity (Wildman–Crippen MR) is 50.8 cm³/mol. The number of hydrogen-bond acceptors (Lipinski definition) is 1. The molecule has 3 heteroatoms. The zero-order chi connectivity index (χ0) is 8.97. The molecule has 64 valence electrons. The Morgan fingerprint density at radius 2 is 1.92 bits per heavy atom. The van der Waals surface area contributed by atoms with Gasteiger partial charge in [0.05, 0.1) is 5.92 Å². The van der Waals surface area contributed by atoms with Gasteiger partial charge in [-0.15, -0.1) is 11.6 Å². The zero-order valence-corrected chi connectivity index (χ0v) is 7.85. The Bertz CT molecular complexity index is 258. The lowest BCUT2D eigenvalue weighted by molar-refractivity contribution is -0.112. The van der Waals surface area contributed by atoms with Crippen LogP contribution in [-0.4, -0.2) is 11.1 Å². The normalized spacial score (nSPS) is 12.5. The first-order chi connectivity index (χ1) is 5.75. The fourth-order valence-electron chi connectivity index (χ4n) is 0.966. The molecule has 1 unspecified atom stereocenters. The van der Waals surface area contributed by atoms with Gasteiger partial charge in [0.25, 0.3) is 0 Å². The summed E-state index contributed by atoms with van der Waals surface area (Å²) in [5.74, 6) is -0.152. The minimum atomic E-state index is -0.406. The second-order valence-electron chi connectivity index (χ2n) is 2.42. The maximum atomic E-state index is 10.9. The van der Waals surface area contributed by atoms with E-state index in [4.69, 9.17) is 23.2 Å². The Balaban J connectivity index is 2.88. The molecule has 0 aliphatic rings. The maximum absolute atomic E-state index is 10.9. The molecular formula is C9H8Cl2O. The highest BCUT2D eigenvalue weighted by Gasteiger charge is 2.16. The average Bonchev–Trinajstić information content (AvgIpc) is 2.07. The van der Waals surface area contributed by atoms with Gasteiger partial charge in [-0.1, -0.05) is 30.3 Å². The SMILES string of the molecule is O=C(Cl)C(CCl)c1ccccc1. The second-order valence-corrected chi connectivity index (χ2v) is 3.10. The van der Waals surface area contributed by atoms with Gasteiger partial charge in [0.1, 0.15) is 0 Å². The van der Waals surface area contributed by atoms with Gasteiger partial charge in [-0.05, 0) is 17.2 Å². The molecule has 1 atom stereocenters. The van der Waals surface area contributed by atoms with E-state index in [0.717, 1.165) is 5.56 Å². The first kappa shape index (κ1) is 9.56. The van der Waals surface area contributed by atoms with E-state index in [0.29, 0.717) is 0 Å². The Kier molecular flexibility index (Phi) is 3.57. The van der Waals surface area contributed by atoms with Crippen molar-refractivity contribution < 1.29 is 4.79 Å². The van der Waals surface area contributed by atoms with E-state index in [2.05, 4.69) is 0 Å². The van der Waals surface area contributed by atoms with E-state index in [1.807, 2.05) is 30.3 Å². The van der Waals surface area contributed by atoms with Crippen molar-refractivity contribution in [2.45, 2.75) is 5.92 Å². The summed E-state index contributed by atoms with van der Waals surface area (Å²) in [6, 6.07) is 9.28. The molecule has 1 aromatic carbocycles. The van der Waals surface area contributed by atoms with Gasteiger partial charge in [-0.3, -0.25) is 4.79 Å². The van der Waals surface area contributed by atoms with E-state index in [9.17, 15) is 4.79 Å². The van der Waals surface area contributed by atoms with Gasteiger partial charge < -0.3 is 0 Å². The fraction of sp³-hybridized carbons (Fsp3) is 0.222. The largest absolute Gasteiger partial charge is 0.281 e. The summed E-state index contributed by atoms with van der Waals surface area (Å²) in [6.45, 7) is 0. The first-order valence-electron chi connectivity index (χ1n) is 3.56. The quantitative estimate of drug-likeness (QED) is 0.545. The van der Waals surface area contributed by atoms with Crippen molar-refractivity contribution in [3.63, 3.8) is 0 Å². The topological polar surface area (TPSA) is 17.1 Å². The van der Waals surface area contributed by atoms with Crippen LogP contribution in [0.5, 0.6) is 0 Å². The number of alkyl halides is 1. The smallest absolute Gasteiger partial charge is 0.230 e. The lowest BCUT2D eigenvalue weighted by Gasteiger charge is -2.07. The van der Waals surface area contributed by atoms with Crippen molar-refractivity contribution in [2.24, 2.45) is 0 Å². The predicted octanol–water partition coefficient (Wildman–Crippen LogP) is 2.77. The van der Waals surface area contributed by atoms with Crippen molar-refractivity contribution in [2.75, 3.05) is 5.88 Å². The standard InChI is InChI=1S/C9H8Cl2O/c10-6-8(9(11)12)7-4-2-1-3-5-7/h1-5,8H,6H2. The van der Waals surface area contributed by atoms with Gasteiger partial charge >= 0.3 is 0 Å². The van der Waals surface area contributed by atoms with Crippen LogP contribution < -0.4 is 0 Å². The molecule has 0 saturated carbocycles. The molecule has 1 aromatic rings. The molecule has 0 amide bonds. The fourth-order valence-corrected chi connectivity index (χ4v) is 1.57. The van der Waals surface area contributed by atoms with Crippen molar-refractivity contribution in [3.05, 3.63) is 35.9 Å². The first-order valence-corrected chi connectivity index (χ1v) is 4.47. The van der Waals surface area contributed by atoms with Crippen LogP contribution in [0.3, 0.4) is 0 Å². The van der Waals surface area contributed by atoms with Crippen LogP contribution >= 0.6 is 23.2 Å². The van der Waals surface area contributed by atoms with Crippen LogP contribution in [0.1, 0.15) is 11.5 Å². The molecule has 0 radical (unpaired) electrons. The minimum Gasteiger partial charge on any atom is -0.281 e. The molecule has 0 aliphatic heterocycles. The summed E-state index contributed by atoms with van der Waals surface area (Å²) in [5.41, 5.74) is 0.868. The Morgan fingerprint density at radius 3 is 2.33 bits per heavy atom. The van der Waals surface area contributed by atoms with Crippen molar-refractivity contribution in [1.29, 1.82) is 0 Å². The highest BCUT2D eigenvalue weighted by Crippen LogP contribution is 2.19. The third-order valence-corrected chi connectivity index (χ3v) is 2.20. The van der Waals surface area contributed by atoms with Gasteiger partial charge in [0.2, 0.25) is 5.24 Å². The van der Waals surface area contributed by atoms with Crippen LogP contribution in [0.15, 0.2) is 30.3 Å². The molecule has 0 spiro atoms. The molecule has 1 rings (SSSR count). The third-order valence-electron chi connectivity index (χ3n) is 1.63. The molecule has 0 bridgehead atoms. The lowest BCUT2D eigenvalue weighted by atomic mass is 10.0. The maximum Gasteiger partial charge on any atom is 0.230 e. The van der Waals surface area contributed by atoms with Gasteiger partial charge in [-0.25, -0.2) is 0 Å². The Hall–Kier alpha value is -0.530. The number of carbonyl (C=O) groups excluding carboxylic acids is 1. The molecule has 0 N–H and O–H groups in total. The van der Waals surface area contributed by atoms with Crippen molar-refractivity contribution >= 4 is 28.4 Å². The van der Waals surface area contributed by atoms with Crippen LogP contribution in [0.25, 0.3) is 0 Å². The summed E-state index contributed by atoms with van der Waals surface area (Å²) in [6.07, 6.45) is 0. The van der Waals surface area contributed by atoms with Crippen molar-refractivity contribution in [1.82, 2.24) is 0 Å². The van der Waals surface area contributed by atoms with Crippen LogP contribution in [0, 0.1) is 0 Å². The van der Waals surface area contributed by atoms with Crippen molar-refractivity contribution in [3.8, 4) is 0 Å².